The Morgan fingerprint density at radius 2 is 1.91 bits per heavy atom. The number of rotatable bonds is 6. The van der Waals surface area contributed by atoms with Crippen molar-refractivity contribution in [1.29, 1.82) is 0 Å². The van der Waals surface area contributed by atoms with Crippen molar-refractivity contribution in [3.8, 4) is 0 Å². The van der Waals surface area contributed by atoms with Gasteiger partial charge in [0.25, 0.3) is 0 Å². The molecule has 0 amide bonds. The van der Waals surface area contributed by atoms with Crippen LogP contribution in [0.25, 0.3) is 11.0 Å². The first-order chi connectivity index (χ1) is 11.3. The molecule has 0 spiro atoms. The summed E-state index contributed by atoms with van der Waals surface area (Å²) < 4.78 is 1.80. The predicted molar refractivity (Wildman–Crippen MR) is 90.7 cm³/mol. The lowest BCUT2D eigenvalue weighted by Crippen LogP contribution is -2.15. The normalized spacial score (nSPS) is 11.2. The molecule has 2 aromatic carbocycles. The Balaban J connectivity index is 1.62. The quantitative estimate of drug-likeness (QED) is 0.519. The standard InChI is InChI=1S/C18H19N3O2/c1-14-20-17-5-3-4-6-18(17)21(14)23-12-11-15-7-9-16(10-8-15)13-19-22-2/h3-10,13H,11-12H2,1-2H3/b19-13+. The molecule has 118 valence electrons. The van der Waals surface area contributed by atoms with Crippen molar-refractivity contribution in [1.82, 2.24) is 9.71 Å². The first-order valence-corrected chi connectivity index (χ1v) is 7.51. The fourth-order valence-electron chi connectivity index (χ4n) is 2.43. The number of nitrogens with zero attached hydrogens (tertiary/aromatic N) is 3. The van der Waals surface area contributed by atoms with E-state index in [9.17, 15) is 0 Å². The Bertz CT molecular complexity index is 807. The van der Waals surface area contributed by atoms with E-state index in [0.717, 1.165) is 28.8 Å². The highest BCUT2D eigenvalue weighted by Crippen LogP contribution is 2.14. The van der Waals surface area contributed by atoms with E-state index < -0.39 is 0 Å². The van der Waals surface area contributed by atoms with Gasteiger partial charge in [-0.25, -0.2) is 4.98 Å². The molecular formula is C18H19N3O2. The lowest BCUT2D eigenvalue weighted by Gasteiger charge is -2.09. The molecule has 5 nitrogen and oxygen atoms in total. The molecule has 1 aromatic heterocycles. The van der Waals surface area contributed by atoms with Gasteiger partial charge in [-0.3, -0.25) is 0 Å². The van der Waals surface area contributed by atoms with Gasteiger partial charge in [0.2, 0.25) is 0 Å². The van der Waals surface area contributed by atoms with E-state index in [4.69, 9.17) is 4.84 Å². The number of hydrogen-bond donors (Lipinski definition) is 0. The van der Waals surface area contributed by atoms with Crippen molar-refractivity contribution < 1.29 is 9.68 Å². The molecule has 3 aromatic rings. The monoisotopic (exact) mass is 309 g/mol. The molecule has 0 saturated carbocycles. The zero-order valence-electron chi connectivity index (χ0n) is 13.3. The van der Waals surface area contributed by atoms with Crippen LogP contribution in [0.5, 0.6) is 0 Å². The zero-order valence-corrected chi connectivity index (χ0v) is 13.3. The molecule has 0 aliphatic rings. The first-order valence-electron chi connectivity index (χ1n) is 7.51. The summed E-state index contributed by atoms with van der Waals surface area (Å²) in [5.41, 5.74) is 4.16. The Labute approximate surface area is 135 Å². The van der Waals surface area contributed by atoms with Crippen LogP contribution in [-0.2, 0) is 11.3 Å². The Hall–Kier alpha value is -2.82. The highest BCUT2D eigenvalue weighted by atomic mass is 16.7. The summed E-state index contributed by atoms with van der Waals surface area (Å²) in [6, 6.07) is 16.1. The van der Waals surface area contributed by atoms with Gasteiger partial charge in [0.1, 0.15) is 25.1 Å². The van der Waals surface area contributed by atoms with Crippen LogP contribution in [0.2, 0.25) is 0 Å². The highest BCUT2D eigenvalue weighted by Gasteiger charge is 2.07. The van der Waals surface area contributed by atoms with E-state index in [1.807, 2.05) is 43.3 Å². The third-order valence-electron chi connectivity index (χ3n) is 3.57. The summed E-state index contributed by atoms with van der Waals surface area (Å²) in [6.45, 7) is 2.54. The number of hydrogen-bond acceptors (Lipinski definition) is 4. The summed E-state index contributed by atoms with van der Waals surface area (Å²) in [4.78, 5) is 15.1. The maximum Gasteiger partial charge on any atom is 0.143 e. The largest absolute Gasteiger partial charge is 0.412 e. The number of fused-ring (bicyclic) bond motifs is 1. The van der Waals surface area contributed by atoms with E-state index in [0.29, 0.717) is 6.61 Å². The van der Waals surface area contributed by atoms with Gasteiger partial charge in [0.05, 0.1) is 11.7 Å². The first kappa shape index (κ1) is 15.1. The molecule has 3 rings (SSSR count). The number of imidazole rings is 1. The zero-order chi connectivity index (χ0) is 16.1. The minimum Gasteiger partial charge on any atom is -0.412 e. The van der Waals surface area contributed by atoms with Crippen molar-refractivity contribution in [3.63, 3.8) is 0 Å². The predicted octanol–water partition coefficient (Wildman–Crippen LogP) is 3.00. The highest BCUT2D eigenvalue weighted by molar-refractivity contribution is 5.79. The van der Waals surface area contributed by atoms with Crippen molar-refractivity contribution >= 4 is 17.2 Å². The summed E-state index contributed by atoms with van der Waals surface area (Å²) in [6.07, 6.45) is 2.51. The number of aromatic nitrogens is 2. The molecule has 0 aliphatic carbocycles. The van der Waals surface area contributed by atoms with Crippen LogP contribution in [0.4, 0.5) is 0 Å². The molecule has 0 radical (unpaired) electrons. The summed E-state index contributed by atoms with van der Waals surface area (Å²) in [7, 11) is 1.53. The van der Waals surface area contributed by atoms with Gasteiger partial charge in [0, 0.05) is 6.42 Å². The van der Waals surface area contributed by atoms with Gasteiger partial charge in [-0.2, -0.15) is 4.73 Å². The molecule has 0 saturated heterocycles. The van der Waals surface area contributed by atoms with Crippen LogP contribution >= 0.6 is 0 Å². The lowest BCUT2D eigenvalue weighted by atomic mass is 10.1. The smallest absolute Gasteiger partial charge is 0.143 e. The third-order valence-corrected chi connectivity index (χ3v) is 3.57. The molecule has 0 atom stereocenters. The minimum atomic E-state index is 0.590. The number of para-hydroxylation sites is 2. The van der Waals surface area contributed by atoms with Gasteiger partial charge >= 0.3 is 0 Å². The van der Waals surface area contributed by atoms with Crippen molar-refractivity contribution in [2.24, 2.45) is 5.16 Å². The molecule has 0 aliphatic heterocycles. The van der Waals surface area contributed by atoms with Crippen LogP contribution < -0.4 is 4.84 Å². The SMILES string of the molecule is CO/N=C/c1ccc(CCOn2c(C)nc3ccccc32)cc1. The second kappa shape index (κ2) is 6.96. The molecule has 0 fully saturated rings. The van der Waals surface area contributed by atoms with E-state index in [1.165, 1.54) is 12.7 Å². The molecule has 0 N–H and O–H groups in total. The van der Waals surface area contributed by atoms with Crippen LogP contribution in [0.15, 0.2) is 53.7 Å². The van der Waals surface area contributed by atoms with Gasteiger partial charge in [-0.05, 0) is 30.2 Å². The molecule has 5 heteroatoms. The average Bonchev–Trinajstić information content (AvgIpc) is 2.90. The Kier molecular flexibility index (Phi) is 4.57. The van der Waals surface area contributed by atoms with E-state index in [1.54, 1.807) is 10.9 Å². The molecule has 1 heterocycles. The number of oxime groups is 1. The second-order valence-electron chi connectivity index (χ2n) is 5.18. The maximum atomic E-state index is 5.90. The van der Waals surface area contributed by atoms with Crippen LogP contribution in [0, 0.1) is 6.92 Å². The molecule has 0 bridgehead atoms. The maximum absolute atomic E-state index is 5.90. The van der Waals surface area contributed by atoms with Crippen LogP contribution in [0.3, 0.4) is 0 Å². The fraction of sp³-hybridized carbons (Fsp3) is 0.222. The van der Waals surface area contributed by atoms with Crippen molar-refractivity contribution in [2.75, 3.05) is 13.7 Å². The Morgan fingerprint density at radius 3 is 2.70 bits per heavy atom. The Morgan fingerprint density at radius 1 is 1.13 bits per heavy atom. The van der Waals surface area contributed by atoms with E-state index >= 15 is 0 Å². The van der Waals surface area contributed by atoms with Gasteiger partial charge in [0.15, 0.2) is 0 Å². The summed E-state index contributed by atoms with van der Waals surface area (Å²) in [5, 5.41) is 3.75. The van der Waals surface area contributed by atoms with Crippen molar-refractivity contribution in [2.45, 2.75) is 13.3 Å². The second-order valence-corrected chi connectivity index (χ2v) is 5.18. The molecule has 0 unspecified atom stereocenters. The number of benzene rings is 2. The van der Waals surface area contributed by atoms with E-state index in [2.05, 4.69) is 27.1 Å². The third kappa shape index (κ3) is 3.51. The minimum absolute atomic E-state index is 0.590. The van der Waals surface area contributed by atoms with E-state index in [-0.39, 0.29) is 0 Å². The van der Waals surface area contributed by atoms with Crippen molar-refractivity contribution in [3.05, 3.63) is 65.5 Å². The number of aryl methyl sites for hydroxylation is 1. The van der Waals surface area contributed by atoms with Gasteiger partial charge in [-0.1, -0.05) is 41.6 Å². The van der Waals surface area contributed by atoms with Gasteiger partial charge in [-0.15, -0.1) is 0 Å². The topological polar surface area (TPSA) is 48.6 Å². The van der Waals surface area contributed by atoms with Crippen LogP contribution in [-0.4, -0.2) is 29.6 Å². The summed E-state index contributed by atoms with van der Waals surface area (Å²) >= 11 is 0. The molecular weight excluding hydrogens is 290 g/mol. The fourth-order valence-corrected chi connectivity index (χ4v) is 2.43. The van der Waals surface area contributed by atoms with Crippen LogP contribution in [0.1, 0.15) is 17.0 Å². The van der Waals surface area contributed by atoms with Gasteiger partial charge < -0.3 is 9.68 Å². The average molecular weight is 309 g/mol. The molecule has 23 heavy (non-hydrogen) atoms. The lowest BCUT2D eigenvalue weighted by molar-refractivity contribution is 0.117. The summed E-state index contributed by atoms with van der Waals surface area (Å²) in [5.74, 6) is 0.859.